The van der Waals surface area contributed by atoms with Gasteiger partial charge < -0.3 is 19.8 Å². The monoisotopic (exact) mass is 389 g/mol. The topological polar surface area (TPSA) is 87.1 Å². The van der Waals surface area contributed by atoms with Crippen LogP contribution in [0.25, 0.3) is 0 Å². The van der Waals surface area contributed by atoms with E-state index in [1.807, 2.05) is 31.2 Å². The van der Waals surface area contributed by atoms with Crippen molar-refractivity contribution in [2.45, 2.75) is 44.9 Å². The van der Waals surface area contributed by atoms with Gasteiger partial charge in [0.1, 0.15) is 4.88 Å². The number of nitrogens with zero attached hydrogens (tertiary/aromatic N) is 1. The molecule has 2 atom stereocenters. The smallest absolute Gasteiger partial charge is 0.345 e. The van der Waals surface area contributed by atoms with E-state index in [1.54, 1.807) is 17.0 Å². The number of anilines is 1. The second kappa shape index (κ2) is 8.65. The summed E-state index contributed by atoms with van der Waals surface area (Å²) in [6, 6.07) is 10.7. The van der Waals surface area contributed by atoms with Gasteiger partial charge in [0, 0.05) is 17.0 Å². The van der Waals surface area contributed by atoms with Crippen LogP contribution in [0.5, 0.6) is 0 Å². The number of amides is 1. The quantitative estimate of drug-likeness (QED) is 0.720. The zero-order valence-corrected chi connectivity index (χ0v) is 15.9. The van der Waals surface area contributed by atoms with Gasteiger partial charge >= 0.3 is 5.97 Å². The second-order valence-electron chi connectivity index (χ2n) is 6.56. The van der Waals surface area contributed by atoms with Gasteiger partial charge in [-0.05, 0) is 42.7 Å². The standard InChI is InChI=1S/C20H23NO5S/c1-2-17(22)13-3-5-14(6-4-13)21-15(7-10-19(21)23)11-26-12-16-8-9-18(27-16)20(24)25/h3-6,8-9,15,17,22H,2,7,10-12H2,1H3,(H,24,25)/t15-,17?/m0/s1. The summed E-state index contributed by atoms with van der Waals surface area (Å²) in [5, 5.41) is 18.9. The van der Waals surface area contributed by atoms with E-state index in [1.165, 1.54) is 11.3 Å². The largest absolute Gasteiger partial charge is 0.477 e. The zero-order chi connectivity index (χ0) is 19.4. The molecule has 1 aliphatic rings. The molecule has 0 aliphatic carbocycles. The molecule has 7 heteroatoms. The lowest BCUT2D eigenvalue weighted by Crippen LogP contribution is -2.36. The van der Waals surface area contributed by atoms with Crippen LogP contribution >= 0.6 is 11.3 Å². The molecule has 1 saturated heterocycles. The average Bonchev–Trinajstić information content (AvgIpc) is 3.28. The number of rotatable bonds is 8. The summed E-state index contributed by atoms with van der Waals surface area (Å²) in [4.78, 5) is 26.2. The number of aliphatic hydroxyl groups is 1. The van der Waals surface area contributed by atoms with Crippen LogP contribution in [0.4, 0.5) is 5.69 Å². The molecule has 27 heavy (non-hydrogen) atoms. The summed E-state index contributed by atoms with van der Waals surface area (Å²) >= 11 is 1.20. The Morgan fingerprint density at radius 3 is 2.67 bits per heavy atom. The minimum absolute atomic E-state index is 0.0432. The van der Waals surface area contributed by atoms with E-state index >= 15 is 0 Å². The predicted molar refractivity (Wildman–Crippen MR) is 103 cm³/mol. The van der Waals surface area contributed by atoms with Crippen LogP contribution in [0.1, 0.15) is 52.4 Å². The van der Waals surface area contributed by atoms with Crippen molar-refractivity contribution >= 4 is 28.9 Å². The maximum absolute atomic E-state index is 12.3. The lowest BCUT2D eigenvalue weighted by atomic mass is 10.1. The number of aromatic carboxylic acids is 1. The summed E-state index contributed by atoms with van der Waals surface area (Å²) in [6.07, 6.45) is 1.36. The molecule has 144 valence electrons. The minimum atomic E-state index is -0.935. The number of benzene rings is 1. The molecule has 1 aromatic heterocycles. The van der Waals surface area contributed by atoms with E-state index in [9.17, 15) is 14.7 Å². The molecule has 0 spiro atoms. The first-order valence-electron chi connectivity index (χ1n) is 8.99. The SMILES string of the molecule is CCC(O)c1ccc(N2C(=O)CC[C@H]2COCc2ccc(C(=O)O)s2)cc1. The van der Waals surface area contributed by atoms with E-state index in [2.05, 4.69) is 0 Å². The van der Waals surface area contributed by atoms with Crippen molar-refractivity contribution < 1.29 is 24.5 Å². The molecule has 0 bridgehead atoms. The van der Waals surface area contributed by atoms with Crippen molar-refractivity contribution in [1.82, 2.24) is 0 Å². The van der Waals surface area contributed by atoms with Gasteiger partial charge in [-0.1, -0.05) is 19.1 Å². The summed E-state index contributed by atoms with van der Waals surface area (Å²) < 4.78 is 5.76. The van der Waals surface area contributed by atoms with Crippen molar-refractivity contribution in [3.05, 3.63) is 51.7 Å². The molecule has 1 unspecified atom stereocenters. The first kappa shape index (κ1) is 19.5. The third-order valence-corrected chi connectivity index (χ3v) is 5.74. The van der Waals surface area contributed by atoms with E-state index in [0.717, 1.165) is 22.5 Å². The van der Waals surface area contributed by atoms with Gasteiger partial charge in [0.05, 0.1) is 25.4 Å². The Kier molecular flexibility index (Phi) is 6.26. The highest BCUT2D eigenvalue weighted by Crippen LogP contribution is 2.29. The minimum Gasteiger partial charge on any atom is -0.477 e. The van der Waals surface area contributed by atoms with Crippen molar-refractivity contribution in [3.63, 3.8) is 0 Å². The molecule has 0 radical (unpaired) electrons. The Morgan fingerprint density at radius 2 is 2.04 bits per heavy atom. The van der Waals surface area contributed by atoms with E-state index in [-0.39, 0.29) is 11.9 Å². The van der Waals surface area contributed by atoms with Gasteiger partial charge in [0.2, 0.25) is 5.91 Å². The predicted octanol–water partition coefficient (Wildman–Crippen LogP) is 3.60. The van der Waals surface area contributed by atoms with Crippen LogP contribution in [-0.2, 0) is 16.1 Å². The highest BCUT2D eigenvalue weighted by Gasteiger charge is 2.32. The molecule has 6 nitrogen and oxygen atoms in total. The third-order valence-electron chi connectivity index (χ3n) is 4.69. The number of carbonyl (C=O) groups is 2. The molecule has 1 aliphatic heterocycles. The third kappa shape index (κ3) is 4.55. The van der Waals surface area contributed by atoms with Gasteiger partial charge in [-0.2, -0.15) is 0 Å². The molecule has 2 heterocycles. The number of carboxylic acid groups (broad SMARTS) is 1. The number of hydrogen-bond donors (Lipinski definition) is 2. The molecule has 1 fully saturated rings. The molecule has 2 aromatic rings. The molecular weight excluding hydrogens is 366 g/mol. The van der Waals surface area contributed by atoms with Crippen LogP contribution in [0.2, 0.25) is 0 Å². The maximum Gasteiger partial charge on any atom is 0.345 e. The van der Waals surface area contributed by atoms with E-state index < -0.39 is 12.1 Å². The number of aliphatic hydroxyl groups excluding tert-OH is 1. The molecule has 2 N–H and O–H groups in total. The Hall–Kier alpha value is -2.22. The highest BCUT2D eigenvalue weighted by molar-refractivity contribution is 7.13. The Labute approximate surface area is 162 Å². The van der Waals surface area contributed by atoms with Crippen molar-refractivity contribution in [3.8, 4) is 0 Å². The lowest BCUT2D eigenvalue weighted by Gasteiger charge is -2.25. The fourth-order valence-electron chi connectivity index (χ4n) is 3.21. The molecule has 1 aromatic carbocycles. The number of ether oxygens (including phenoxy) is 1. The van der Waals surface area contributed by atoms with Crippen LogP contribution in [0.3, 0.4) is 0 Å². The van der Waals surface area contributed by atoms with Crippen LogP contribution < -0.4 is 4.90 Å². The van der Waals surface area contributed by atoms with E-state index in [4.69, 9.17) is 9.84 Å². The number of thiophene rings is 1. The molecule has 1 amide bonds. The van der Waals surface area contributed by atoms with Gasteiger partial charge in [0.25, 0.3) is 0 Å². The fraction of sp³-hybridized carbons (Fsp3) is 0.400. The van der Waals surface area contributed by atoms with Crippen LogP contribution in [0, 0.1) is 0 Å². The van der Waals surface area contributed by atoms with Gasteiger partial charge in [0.15, 0.2) is 0 Å². The summed E-state index contributed by atoms with van der Waals surface area (Å²) in [5.41, 5.74) is 1.65. The maximum atomic E-state index is 12.3. The first-order valence-corrected chi connectivity index (χ1v) is 9.81. The van der Waals surface area contributed by atoms with Crippen LogP contribution in [-0.4, -0.2) is 34.7 Å². The molecule has 3 rings (SSSR count). The lowest BCUT2D eigenvalue weighted by molar-refractivity contribution is -0.117. The number of carboxylic acids is 1. The Bertz CT molecular complexity index is 801. The number of hydrogen-bond acceptors (Lipinski definition) is 5. The Morgan fingerprint density at radius 1 is 1.30 bits per heavy atom. The van der Waals surface area contributed by atoms with Crippen molar-refractivity contribution in [2.75, 3.05) is 11.5 Å². The summed E-state index contributed by atoms with van der Waals surface area (Å²) in [7, 11) is 0. The fourth-order valence-corrected chi connectivity index (χ4v) is 4.00. The summed E-state index contributed by atoms with van der Waals surface area (Å²) in [6.45, 7) is 2.65. The van der Waals surface area contributed by atoms with Crippen molar-refractivity contribution in [1.29, 1.82) is 0 Å². The zero-order valence-electron chi connectivity index (χ0n) is 15.1. The molecular formula is C20H23NO5S. The van der Waals surface area contributed by atoms with Gasteiger partial charge in [-0.15, -0.1) is 11.3 Å². The van der Waals surface area contributed by atoms with Gasteiger partial charge in [-0.3, -0.25) is 4.79 Å². The van der Waals surface area contributed by atoms with Gasteiger partial charge in [-0.25, -0.2) is 4.79 Å². The average molecular weight is 389 g/mol. The van der Waals surface area contributed by atoms with E-state index in [0.29, 0.717) is 30.9 Å². The van der Waals surface area contributed by atoms with Crippen molar-refractivity contribution in [2.24, 2.45) is 0 Å². The second-order valence-corrected chi connectivity index (χ2v) is 7.73. The molecule has 0 saturated carbocycles. The van der Waals surface area contributed by atoms with Crippen LogP contribution in [0.15, 0.2) is 36.4 Å². The first-order chi connectivity index (χ1) is 13.0. The highest BCUT2D eigenvalue weighted by atomic mass is 32.1. The number of carbonyl (C=O) groups excluding carboxylic acids is 1. The normalized spacial score (nSPS) is 18.1. The Balaban J connectivity index is 1.61. The summed E-state index contributed by atoms with van der Waals surface area (Å²) in [5.74, 6) is -0.868.